The van der Waals surface area contributed by atoms with Crippen LogP contribution in [0, 0.1) is 11.8 Å². The SMILES string of the molecule is COCC1CCC(C(=O)CCCCCCCOC(C)=O)CC1. The molecule has 0 aromatic carbocycles. The second-order valence-electron chi connectivity index (χ2n) is 6.50. The van der Waals surface area contributed by atoms with Gasteiger partial charge < -0.3 is 9.47 Å². The summed E-state index contributed by atoms with van der Waals surface area (Å²) in [5.74, 6) is 1.23. The predicted octanol–water partition coefficient (Wildman–Crippen LogP) is 3.91. The summed E-state index contributed by atoms with van der Waals surface area (Å²) in [4.78, 5) is 22.8. The molecule has 0 spiro atoms. The lowest BCUT2D eigenvalue weighted by atomic mass is 9.79. The van der Waals surface area contributed by atoms with Gasteiger partial charge in [0.2, 0.25) is 0 Å². The standard InChI is InChI=1S/C18H32O4/c1-15(19)22-13-7-5-3-4-6-8-18(20)17-11-9-16(10-12-17)14-21-2/h16-17H,3-14H2,1-2H3. The lowest BCUT2D eigenvalue weighted by Crippen LogP contribution is -2.23. The van der Waals surface area contributed by atoms with E-state index in [1.54, 1.807) is 7.11 Å². The minimum atomic E-state index is -0.203. The highest BCUT2D eigenvalue weighted by Crippen LogP contribution is 2.30. The number of esters is 1. The number of rotatable bonds is 11. The van der Waals surface area contributed by atoms with E-state index in [1.807, 2.05) is 0 Å². The summed E-state index contributed by atoms with van der Waals surface area (Å²) in [6, 6.07) is 0. The Morgan fingerprint density at radius 3 is 2.23 bits per heavy atom. The van der Waals surface area contributed by atoms with Crippen molar-refractivity contribution in [3.63, 3.8) is 0 Å². The number of Topliss-reactive ketones (excluding diaryl/α,β-unsaturated/α-hetero) is 1. The topological polar surface area (TPSA) is 52.6 Å². The monoisotopic (exact) mass is 312 g/mol. The Bertz CT molecular complexity index is 319. The molecule has 4 heteroatoms. The van der Waals surface area contributed by atoms with Crippen LogP contribution in [0.5, 0.6) is 0 Å². The number of unbranched alkanes of at least 4 members (excludes halogenated alkanes) is 4. The molecule has 1 fully saturated rings. The van der Waals surface area contributed by atoms with Crippen molar-refractivity contribution < 1.29 is 19.1 Å². The summed E-state index contributed by atoms with van der Waals surface area (Å²) in [5.41, 5.74) is 0. The quantitative estimate of drug-likeness (QED) is 0.429. The predicted molar refractivity (Wildman–Crippen MR) is 86.7 cm³/mol. The molecule has 0 radical (unpaired) electrons. The maximum absolute atomic E-state index is 12.2. The lowest BCUT2D eigenvalue weighted by Gasteiger charge is -2.27. The number of ketones is 1. The van der Waals surface area contributed by atoms with Crippen molar-refractivity contribution in [3.8, 4) is 0 Å². The molecule has 0 aliphatic heterocycles. The van der Waals surface area contributed by atoms with Crippen molar-refractivity contribution in [2.45, 2.75) is 71.1 Å². The summed E-state index contributed by atoms with van der Waals surface area (Å²) >= 11 is 0. The minimum Gasteiger partial charge on any atom is -0.466 e. The summed E-state index contributed by atoms with van der Waals surface area (Å²) in [5, 5.41) is 0. The Morgan fingerprint density at radius 2 is 1.59 bits per heavy atom. The number of methoxy groups -OCH3 is 1. The van der Waals surface area contributed by atoms with E-state index >= 15 is 0 Å². The zero-order valence-electron chi connectivity index (χ0n) is 14.3. The second kappa shape index (κ2) is 11.6. The molecule has 0 aromatic rings. The molecule has 0 unspecified atom stereocenters. The molecule has 1 rings (SSSR count). The smallest absolute Gasteiger partial charge is 0.302 e. The first-order valence-electron chi connectivity index (χ1n) is 8.78. The molecule has 1 saturated carbocycles. The Balaban J connectivity index is 1.97. The summed E-state index contributed by atoms with van der Waals surface area (Å²) in [7, 11) is 1.75. The average Bonchev–Trinajstić information content (AvgIpc) is 2.50. The largest absolute Gasteiger partial charge is 0.466 e. The number of carbonyl (C=O) groups is 2. The van der Waals surface area contributed by atoms with Crippen LogP contribution in [0.1, 0.15) is 71.1 Å². The van der Waals surface area contributed by atoms with Gasteiger partial charge in [-0.1, -0.05) is 19.3 Å². The van der Waals surface area contributed by atoms with Gasteiger partial charge in [0.25, 0.3) is 0 Å². The summed E-state index contributed by atoms with van der Waals surface area (Å²) in [6.45, 7) is 2.81. The van der Waals surface area contributed by atoms with Crippen molar-refractivity contribution in [3.05, 3.63) is 0 Å². The molecular weight excluding hydrogens is 280 g/mol. The summed E-state index contributed by atoms with van der Waals surface area (Å²) in [6.07, 6.45) is 10.3. The highest BCUT2D eigenvalue weighted by atomic mass is 16.5. The first kappa shape index (κ1) is 19.1. The van der Waals surface area contributed by atoms with Gasteiger partial charge in [0.05, 0.1) is 6.61 Å². The normalized spacial score (nSPS) is 21.5. The second-order valence-corrected chi connectivity index (χ2v) is 6.50. The van der Waals surface area contributed by atoms with Crippen LogP contribution in [-0.2, 0) is 19.1 Å². The zero-order chi connectivity index (χ0) is 16.2. The molecule has 4 nitrogen and oxygen atoms in total. The molecule has 128 valence electrons. The fourth-order valence-electron chi connectivity index (χ4n) is 3.24. The van der Waals surface area contributed by atoms with E-state index in [0.717, 1.165) is 70.8 Å². The fraction of sp³-hybridized carbons (Fsp3) is 0.889. The molecule has 0 aromatic heterocycles. The highest BCUT2D eigenvalue weighted by Gasteiger charge is 2.25. The van der Waals surface area contributed by atoms with Crippen molar-refractivity contribution in [1.29, 1.82) is 0 Å². The van der Waals surface area contributed by atoms with Gasteiger partial charge in [-0.15, -0.1) is 0 Å². The molecule has 0 heterocycles. The van der Waals surface area contributed by atoms with Gasteiger partial charge in [-0.05, 0) is 44.4 Å². The molecule has 0 atom stereocenters. The van der Waals surface area contributed by atoms with Crippen molar-refractivity contribution in [1.82, 2.24) is 0 Å². The van der Waals surface area contributed by atoms with E-state index in [1.165, 1.54) is 6.92 Å². The Labute approximate surface area is 134 Å². The van der Waals surface area contributed by atoms with Gasteiger partial charge in [-0.3, -0.25) is 9.59 Å². The summed E-state index contributed by atoms with van der Waals surface area (Å²) < 4.78 is 10.1. The Hall–Kier alpha value is -0.900. The van der Waals surface area contributed by atoms with Crippen molar-refractivity contribution in [2.75, 3.05) is 20.3 Å². The fourth-order valence-corrected chi connectivity index (χ4v) is 3.24. The maximum Gasteiger partial charge on any atom is 0.302 e. The molecule has 0 bridgehead atoms. The lowest BCUT2D eigenvalue weighted by molar-refractivity contribution is -0.141. The van der Waals surface area contributed by atoms with Crippen LogP contribution in [0.25, 0.3) is 0 Å². The van der Waals surface area contributed by atoms with Gasteiger partial charge >= 0.3 is 5.97 Å². The van der Waals surface area contributed by atoms with E-state index in [4.69, 9.17) is 9.47 Å². The van der Waals surface area contributed by atoms with Gasteiger partial charge in [0, 0.05) is 33.0 Å². The van der Waals surface area contributed by atoms with Crippen molar-refractivity contribution >= 4 is 11.8 Å². The van der Waals surface area contributed by atoms with Crippen LogP contribution in [0.4, 0.5) is 0 Å². The maximum atomic E-state index is 12.2. The van der Waals surface area contributed by atoms with E-state index in [9.17, 15) is 9.59 Å². The highest BCUT2D eigenvalue weighted by molar-refractivity contribution is 5.81. The van der Waals surface area contributed by atoms with Crippen LogP contribution in [-0.4, -0.2) is 32.1 Å². The molecule has 0 amide bonds. The van der Waals surface area contributed by atoms with Crippen LogP contribution in [0.15, 0.2) is 0 Å². The average molecular weight is 312 g/mol. The number of ether oxygens (including phenoxy) is 2. The van der Waals surface area contributed by atoms with Gasteiger partial charge in [0.1, 0.15) is 5.78 Å². The van der Waals surface area contributed by atoms with E-state index in [2.05, 4.69) is 0 Å². The molecule has 1 aliphatic rings. The number of hydrogen-bond acceptors (Lipinski definition) is 4. The third-order valence-corrected chi connectivity index (χ3v) is 4.58. The van der Waals surface area contributed by atoms with Crippen LogP contribution >= 0.6 is 0 Å². The van der Waals surface area contributed by atoms with Crippen LogP contribution in [0.2, 0.25) is 0 Å². The van der Waals surface area contributed by atoms with E-state index < -0.39 is 0 Å². The molecular formula is C18H32O4. The van der Waals surface area contributed by atoms with Crippen LogP contribution < -0.4 is 0 Å². The third-order valence-electron chi connectivity index (χ3n) is 4.58. The van der Waals surface area contributed by atoms with Gasteiger partial charge in [-0.2, -0.15) is 0 Å². The first-order valence-corrected chi connectivity index (χ1v) is 8.78. The number of carbonyl (C=O) groups excluding carboxylic acids is 2. The zero-order valence-corrected chi connectivity index (χ0v) is 14.3. The van der Waals surface area contributed by atoms with Gasteiger partial charge in [-0.25, -0.2) is 0 Å². The van der Waals surface area contributed by atoms with Gasteiger partial charge in [0.15, 0.2) is 0 Å². The molecule has 0 saturated heterocycles. The Morgan fingerprint density at radius 1 is 0.955 bits per heavy atom. The molecule has 22 heavy (non-hydrogen) atoms. The van der Waals surface area contributed by atoms with E-state index in [0.29, 0.717) is 24.2 Å². The van der Waals surface area contributed by atoms with Crippen molar-refractivity contribution in [2.24, 2.45) is 11.8 Å². The first-order chi connectivity index (χ1) is 10.6. The molecule has 0 N–H and O–H groups in total. The Kier molecular flexibility index (Phi) is 10.1. The molecule has 1 aliphatic carbocycles. The number of hydrogen-bond donors (Lipinski definition) is 0. The van der Waals surface area contributed by atoms with Crippen LogP contribution in [0.3, 0.4) is 0 Å². The third kappa shape index (κ3) is 8.52. The minimum absolute atomic E-state index is 0.203. The van der Waals surface area contributed by atoms with E-state index in [-0.39, 0.29) is 5.97 Å².